The van der Waals surface area contributed by atoms with Gasteiger partial charge in [-0.3, -0.25) is 14.5 Å². The lowest BCUT2D eigenvalue weighted by atomic mass is 10.2. The number of piperazine rings is 1. The quantitative estimate of drug-likeness (QED) is 0.574. The van der Waals surface area contributed by atoms with Crippen molar-refractivity contribution in [1.29, 1.82) is 0 Å². The van der Waals surface area contributed by atoms with E-state index in [-0.39, 0.29) is 25.0 Å². The minimum Gasteiger partial charge on any atom is -0.493 e. The summed E-state index contributed by atoms with van der Waals surface area (Å²) in [6.45, 7) is 3.87. The number of carbonyl (C=O) groups excluding carboxylic acids is 2. The van der Waals surface area contributed by atoms with Crippen molar-refractivity contribution in [3.05, 3.63) is 29.8 Å². The summed E-state index contributed by atoms with van der Waals surface area (Å²) >= 11 is 0. The van der Waals surface area contributed by atoms with Crippen LogP contribution in [0.1, 0.15) is 23.7 Å². The first-order chi connectivity index (χ1) is 14.3. The number of nitrogens with zero attached hydrogens (tertiary/aromatic N) is 2. The van der Waals surface area contributed by atoms with Crippen LogP contribution in [0.4, 0.5) is 13.2 Å². The van der Waals surface area contributed by atoms with Crippen molar-refractivity contribution < 1.29 is 32.2 Å². The molecule has 1 N–H and O–H groups in total. The Balaban J connectivity index is 1.66. The van der Waals surface area contributed by atoms with E-state index in [0.717, 1.165) is 0 Å². The molecule has 30 heavy (non-hydrogen) atoms. The van der Waals surface area contributed by atoms with Crippen LogP contribution in [-0.2, 0) is 9.53 Å². The molecule has 2 amide bonds. The first-order valence-electron chi connectivity index (χ1n) is 9.95. The maximum absolute atomic E-state index is 12.4. The van der Waals surface area contributed by atoms with Gasteiger partial charge in [0.1, 0.15) is 12.4 Å². The topological polar surface area (TPSA) is 71.1 Å². The average Bonchev–Trinajstić information content (AvgIpc) is 2.72. The molecule has 2 rings (SSSR count). The predicted molar refractivity (Wildman–Crippen MR) is 104 cm³/mol. The van der Waals surface area contributed by atoms with Crippen molar-refractivity contribution >= 4 is 11.8 Å². The van der Waals surface area contributed by atoms with Gasteiger partial charge in [-0.1, -0.05) is 12.1 Å². The third-order valence-electron chi connectivity index (χ3n) is 4.59. The van der Waals surface area contributed by atoms with Crippen LogP contribution in [0.2, 0.25) is 0 Å². The molecule has 1 aromatic carbocycles. The summed E-state index contributed by atoms with van der Waals surface area (Å²) in [5.74, 6) is -0.0759. The van der Waals surface area contributed by atoms with Crippen molar-refractivity contribution in [2.75, 3.05) is 59.1 Å². The molecule has 0 unspecified atom stereocenters. The Bertz CT molecular complexity index is 692. The highest BCUT2D eigenvalue weighted by Gasteiger charge is 2.27. The van der Waals surface area contributed by atoms with Gasteiger partial charge < -0.3 is 19.7 Å². The van der Waals surface area contributed by atoms with E-state index in [0.29, 0.717) is 57.1 Å². The van der Waals surface area contributed by atoms with E-state index < -0.39 is 12.8 Å². The molecular formula is C20H28F3N3O4. The van der Waals surface area contributed by atoms with E-state index in [2.05, 4.69) is 15.0 Å². The van der Waals surface area contributed by atoms with Crippen LogP contribution in [0.15, 0.2) is 24.3 Å². The van der Waals surface area contributed by atoms with Gasteiger partial charge in [0.15, 0.2) is 0 Å². The number of carbonyl (C=O) groups is 2. The van der Waals surface area contributed by atoms with Gasteiger partial charge in [-0.05, 0) is 25.5 Å². The summed E-state index contributed by atoms with van der Waals surface area (Å²) in [6.07, 6.45) is -3.80. The van der Waals surface area contributed by atoms with Gasteiger partial charge in [-0.2, -0.15) is 13.2 Å². The van der Waals surface area contributed by atoms with Gasteiger partial charge in [0, 0.05) is 39.3 Å². The molecule has 1 heterocycles. The smallest absolute Gasteiger partial charge is 0.411 e. The molecule has 0 aliphatic carbocycles. The van der Waals surface area contributed by atoms with Gasteiger partial charge in [0.25, 0.3) is 5.91 Å². The largest absolute Gasteiger partial charge is 0.493 e. The van der Waals surface area contributed by atoms with Crippen LogP contribution in [0.3, 0.4) is 0 Å². The Morgan fingerprint density at radius 1 is 1.13 bits per heavy atom. The fourth-order valence-corrected chi connectivity index (χ4v) is 3.10. The van der Waals surface area contributed by atoms with E-state index in [1.165, 1.54) is 0 Å². The van der Waals surface area contributed by atoms with Crippen molar-refractivity contribution in [3.63, 3.8) is 0 Å². The second-order valence-electron chi connectivity index (χ2n) is 6.86. The highest BCUT2D eigenvalue weighted by molar-refractivity contribution is 5.98. The first kappa shape index (κ1) is 23.9. The second-order valence-corrected chi connectivity index (χ2v) is 6.86. The molecule has 0 atom stereocenters. The van der Waals surface area contributed by atoms with Crippen LogP contribution >= 0.6 is 0 Å². The Morgan fingerprint density at radius 2 is 1.83 bits per heavy atom. The molecule has 1 aliphatic heterocycles. The lowest BCUT2D eigenvalue weighted by Crippen LogP contribution is -2.51. The van der Waals surface area contributed by atoms with Gasteiger partial charge in [0.2, 0.25) is 5.91 Å². The number of benzene rings is 1. The number of amides is 2. The molecule has 0 radical (unpaired) electrons. The van der Waals surface area contributed by atoms with Crippen molar-refractivity contribution in [2.45, 2.75) is 19.5 Å². The Labute approximate surface area is 174 Å². The Kier molecular flexibility index (Phi) is 9.38. The van der Waals surface area contributed by atoms with E-state index in [1.807, 2.05) is 6.92 Å². The normalized spacial score (nSPS) is 15.1. The molecule has 1 aliphatic rings. The van der Waals surface area contributed by atoms with Gasteiger partial charge in [0.05, 0.1) is 18.7 Å². The van der Waals surface area contributed by atoms with Crippen LogP contribution < -0.4 is 10.1 Å². The summed E-state index contributed by atoms with van der Waals surface area (Å²) in [5.41, 5.74) is 0.379. The molecule has 0 aromatic heterocycles. The van der Waals surface area contributed by atoms with Crippen LogP contribution in [0.5, 0.6) is 5.75 Å². The highest BCUT2D eigenvalue weighted by Crippen LogP contribution is 2.17. The molecule has 7 nitrogen and oxygen atoms in total. The minimum atomic E-state index is -4.30. The number of hydrogen-bond acceptors (Lipinski definition) is 5. The monoisotopic (exact) mass is 431 g/mol. The summed E-state index contributed by atoms with van der Waals surface area (Å²) in [5, 5.41) is 2.63. The minimum absolute atomic E-state index is 0.0495. The van der Waals surface area contributed by atoms with Crippen molar-refractivity contribution in [2.24, 2.45) is 0 Å². The molecule has 1 saturated heterocycles. The summed E-state index contributed by atoms with van der Waals surface area (Å²) in [4.78, 5) is 28.5. The first-order valence-corrected chi connectivity index (χ1v) is 9.95. The van der Waals surface area contributed by atoms with E-state index in [4.69, 9.17) is 4.74 Å². The Hall–Kier alpha value is -2.33. The lowest BCUT2D eigenvalue weighted by molar-refractivity contribution is -0.174. The fraction of sp³-hybridized carbons (Fsp3) is 0.600. The summed E-state index contributed by atoms with van der Waals surface area (Å²) in [6, 6.07) is 6.84. The summed E-state index contributed by atoms with van der Waals surface area (Å²) in [7, 11) is 0. The fourth-order valence-electron chi connectivity index (χ4n) is 3.10. The maximum Gasteiger partial charge on any atom is 0.411 e. The molecule has 10 heteroatoms. The molecule has 168 valence electrons. The number of rotatable bonds is 10. The zero-order chi connectivity index (χ0) is 22.0. The van der Waals surface area contributed by atoms with Crippen LogP contribution in [0, 0.1) is 0 Å². The average molecular weight is 431 g/mol. The lowest BCUT2D eigenvalue weighted by Gasteiger charge is -2.34. The van der Waals surface area contributed by atoms with Gasteiger partial charge in [-0.25, -0.2) is 0 Å². The second kappa shape index (κ2) is 11.8. The molecule has 0 spiro atoms. The predicted octanol–water partition coefficient (Wildman–Crippen LogP) is 1.93. The molecule has 1 aromatic rings. The number of hydrogen-bond donors (Lipinski definition) is 1. The zero-order valence-electron chi connectivity index (χ0n) is 17.0. The van der Waals surface area contributed by atoms with Crippen LogP contribution in [0.25, 0.3) is 0 Å². The molecule has 0 saturated carbocycles. The number of halogens is 3. The number of nitrogens with one attached hydrogen (secondary N) is 1. The van der Waals surface area contributed by atoms with Crippen LogP contribution in [-0.4, -0.2) is 86.9 Å². The SMILES string of the molecule is CCOc1ccccc1C(=O)NCC(=O)N1CCN(CCCOCC(F)(F)F)CC1. The third kappa shape index (κ3) is 8.19. The summed E-state index contributed by atoms with van der Waals surface area (Å²) < 4.78 is 46.1. The maximum atomic E-state index is 12.4. The van der Waals surface area contributed by atoms with Crippen molar-refractivity contribution in [1.82, 2.24) is 15.1 Å². The zero-order valence-corrected chi connectivity index (χ0v) is 17.0. The molecule has 1 fully saturated rings. The van der Waals surface area contributed by atoms with E-state index >= 15 is 0 Å². The number of alkyl halides is 3. The third-order valence-corrected chi connectivity index (χ3v) is 4.59. The number of para-hydroxylation sites is 1. The molecular weight excluding hydrogens is 403 g/mol. The highest BCUT2D eigenvalue weighted by atomic mass is 19.4. The van der Waals surface area contributed by atoms with E-state index in [1.54, 1.807) is 29.2 Å². The Morgan fingerprint density at radius 3 is 2.50 bits per heavy atom. The number of ether oxygens (including phenoxy) is 2. The molecule has 0 bridgehead atoms. The van der Waals surface area contributed by atoms with Crippen molar-refractivity contribution in [3.8, 4) is 5.75 Å². The standard InChI is InChI=1S/C20H28F3N3O4/c1-2-30-17-7-4-3-6-16(17)19(28)24-14-18(27)26-11-9-25(10-12-26)8-5-13-29-15-20(21,22)23/h3-4,6-7H,2,5,8-15H2,1H3,(H,24,28). The van der Waals surface area contributed by atoms with E-state index in [9.17, 15) is 22.8 Å². The van der Waals surface area contributed by atoms with Gasteiger partial charge >= 0.3 is 6.18 Å². The van der Waals surface area contributed by atoms with Gasteiger partial charge in [-0.15, -0.1) is 0 Å².